The van der Waals surface area contributed by atoms with Crippen molar-refractivity contribution in [3.05, 3.63) is 47.7 Å². The van der Waals surface area contributed by atoms with Crippen LogP contribution in [0.15, 0.2) is 41.0 Å². The molecule has 3 heterocycles. The highest BCUT2D eigenvalue weighted by Gasteiger charge is 2.40. The largest absolute Gasteiger partial charge is 0.464 e. The number of rotatable bonds is 2. The van der Waals surface area contributed by atoms with Crippen LogP contribution < -0.4 is 0 Å². The average molecular weight is 354 g/mol. The third-order valence-corrected chi connectivity index (χ3v) is 5.01. The molecule has 7 nitrogen and oxygen atoms in total. The lowest BCUT2D eigenvalue weighted by molar-refractivity contribution is -0.138. The standard InChI is InChI=1S/C19H18N2O5/c22-11-18(24)20-5-6-21-15(10-20)16(23)9-12-3-4-13(8-14(12)19(21)25)17-2-1-7-26-17/h1-4,7-8,15,22H,5-6,9-11H2/t15-/m1/s1. The predicted octanol–water partition coefficient (Wildman–Crippen LogP) is 0.717. The second-order valence-corrected chi connectivity index (χ2v) is 6.50. The lowest BCUT2D eigenvalue weighted by Gasteiger charge is -2.39. The zero-order valence-electron chi connectivity index (χ0n) is 14.1. The number of hydrogen-bond donors (Lipinski definition) is 1. The summed E-state index contributed by atoms with van der Waals surface area (Å²) in [5.41, 5.74) is 1.96. The molecule has 1 saturated heterocycles. The first-order chi connectivity index (χ1) is 12.6. The van der Waals surface area contributed by atoms with Crippen LogP contribution in [0.3, 0.4) is 0 Å². The minimum Gasteiger partial charge on any atom is -0.464 e. The van der Waals surface area contributed by atoms with E-state index < -0.39 is 18.6 Å². The summed E-state index contributed by atoms with van der Waals surface area (Å²) in [5, 5.41) is 9.05. The van der Waals surface area contributed by atoms with Crippen molar-refractivity contribution < 1.29 is 23.9 Å². The quantitative estimate of drug-likeness (QED) is 0.858. The normalized spacial score (nSPS) is 19.8. The number of benzene rings is 1. The van der Waals surface area contributed by atoms with E-state index in [-0.39, 0.29) is 31.2 Å². The predicted molar refractivity (Wildman–Crippen MR) is 91.3 cm³/mol. The van der Waals surface area contributed by atoms with Crippen molar-refractivity contribution in [2.45, 2.75) is 12.5 Å². The van der Waals surface area contributed by atoms with Crippen molar-refractivity contribution in [1.82, 2.24) is 9.80 Å². The van der Waals surface area contributed by atoms with Gasteiger partial charge in [0.1, 0.15) is 18.4 Å². The number of ketones is 1. The Bertz CT molecular complexity index is 874. The minimum atomic E-state index is -0.675. The van der Waals surface area contributed by atoms with Gasteiger partial charge in [-0.1, -0.05) is 12.1 Å². The molecule has 0 bridgehead atoms. The summed E-state index contributed by atoms with van der Waals surface area (Å²) >= 11 is 0. The van der Waals surface area contributed by atoms with Crippen molar-refractivity contribution >= 4 is 17.6 Å². The fraction of sp³-hybridized carbons (Fsp3) is 0.316. The molecule has 2 aliphatic rings. The number of aliphatic hydroxyl groups excluding tert-OH is 1. The average Bonchev–Trinajstić information content (AvgIpc) is 3.18. The van der Waals surface area contributed by atoms with E-state index in [1.807, 2.05) is 12.1 Å². The van der Waals surface area contributed by atoms with Gasteiger partial charge in [0.25, 0.3) is 5.91 Å². The van der Waals surface area contributed by atoms with Crippen LogP contribution in [-0.4, -0.2) is 64.8 Å². The van der Waals surface area contributed by atoms with Crippen LogP contribution in [-0.2, 0) is 16.0 Å². The lowest BCUT2D eigenvalue weighted by Crippen LogP contribution is -2.59. The minimum absolute atomic E-state index is 0.0988. The lowest BCUT2D eigenvalue weighted by atomic mass is 9.98. The second-order valence-electron chi connectivity index (χ2n) is 6.50. The number of amides is 2. The van der Waals surface area contributed by atoms with Gasteiger partial charge in [-0.3, -0.25) is 14.4 Å². The van der Waals surface area contributed by atoms with Gasteiger partial charge in [-0.2, -0.15) is 0 Å². The van der Waals surface area contributed by atoms with E-state index in [0.29, 0.717) is 23.4 Å². The topological polar surface area (TPSA) is 91.1 Å². The molecule has 0 aliphatic carbocycles. The molecule has 1 aromatic carbocycles. The number of Topliss-reactive ketones (excluding diaryl/α,β-unsaturated/α-hetero) is 1. The summed E-state index contributed by atoms with van der Waals surface area (Å²) in [7, 11) is 0. The van der Waals surface area contributed by atoms with E-state index >= 15 is 0 Å². The highest BCUT2D eigenvalue weighted by molar-refractivity contribution is 6.04. The van der Waals surface area contributed by atoms with Crippen LogP contribution in [0.1, 0.15) is 15.9 Å². The van der Waals surface area contributed by atoms with E-state index in [1.165, 1.54) is 4.90 Å². The van der Waals surface area contributed by atoms with Gasteiger partial charge in [0, 0.05) is 37.2 Å². The Morgan fingerprint density at radius 3 is 2.81 bits per heavy atom. The number of aliphatic hydroxyl groups is 1. The molecular weight excluding hydrogens is 336 g/mol. The summed E-state index contributed by atoms with van der Waals surface area (Å²) in [5.74, 6) is -0.0727. The van der Waals surface area contributed by atoms with E-state index in [2.05, 4.69) is 0 Å². The van der Waals surface area contributed by atoms with Gasteiger partial charge >= 0.3 is 0 Å². The highest BCUT2D eigenvalue weighted by Crippen LogP contribution is 2.28. The van der Waals surface area contributed by atoms with Crippen LogP contribution in [0.2, 0.25) is 0 Å². The molecule has 1 atom stereocenters. The highest BCUT2D eigenvalue weighted by atomic mass is 16.3. The maximum atomic E-state index is 13.1. The maximum absolute atomic E-state index is 13.1. The smallest absolute Gasteiger partial charge is 0.254 e. The van der Waals surface area contributed by atoms with Crippen LogP contribution in [0, 0.1) is 0 Å². The molecule has 0 spiro atoms. The monoisotopic (exact) mass is 354 g/mol. The molecule has 1 N–H and O–H groups in total. The molecule has 2 aromatic rings. The number of furan rings is 1. The maximum Gasteiger partial charge on any atom is 0.254 e. The van der Waals surface area contributed by atoms with Gasteiger partial charge in [0.2, 0.25) is 5.91 Å². The molecule has 2 amide bonds. The summed E-state index contributed by atoms with van der Waals surface area (Å²) in [6.45, 7) is 0.109. The molecule has 0 unspecified atom stereocenters. The third kappa shape index (κ3) is 2.70. The zero-order chi connectivity index (χ0) is 18.3. The fourth-order valence-electron chi connectivity index (χ4n) is 3.61. The Morgan fingerprint density at radius 2 is 2.08 bits per heavy atom. The van der Waals surface area contributed by atoms with E-state index in [9.17, 15) is 14.4 Å². The van der Waals surface area contributed by atoms with Crippen LogP contribution in [0.4, 0.5) is 0 Å². The second kappa shape index (κ2) is 6.42. The van der Waals surface area contributed by atoms with E-state index in [1.54, 1.807) is 29.4 Å². The summed E-state index contributed by atoms with van der Waals surface area (Å²) in [6.07, 6.45) is 1.71. The Morgan fingerprint density at radius 1 is 1.23 bits per heavy atom. The first kappa shape index (κ1) is 16.5. The number of carbonyl (C=O) groups is 3. The number of piperazine rings is 1. The Labute approximate surface area is 149 Å². The molecule has 1 aromatic heterocycles. The molecule has 1 fully saturated rings. The summed E-state index contributed by atoms with van der Waals surface area (Å²) in [4.78, 5) is 40.5. The Balaban J connectivity index is 1.68. The third-order valence-electron chi connectivity index (χ3n) is 5.01. The summed E-state index contributed by atoms with van der Waals surface area (Å²) < 4.78 is 5.40. The molecule has 26 heavy (non-hydrogen) atoms. The first-order valence-electron chi connectivity index (χ1n) is 8.47. The molecule has 2 aliphatic heterocycles. The summed E-state index contributed by atoms with van der Waals surface area (Å²) in [6, 6.07) is 8.31. The van der Waals surface area contributed by atoms with Gasteiger partial charge < -0.3 is 19.3 Å². The van der Waals surface area contributed by atoms with Crippen molar-refractivity contribution in [3.63, 3.8) is 0 Å². The SMILES string of the molecule is O=C1Cc2ccc(-c3ccco3)cc2C(=O)N2CCN(C(=O)CO)C[C@H]12. The van der Waals surface area contributed by atoms with Crippen LogP contribution >= 0.6 is 0 Å². The van der Waals surface area contributed by atoms with Crippen molar-refractivity contribution in [3.8, 4) is 11.3 Å². The van der Waals surface area contributed by atoms with Crippen molar-refractivity contribution in [2.24, 2.45) is 0 Å². The van der Waals surface area contributed by atoms with Gasteiger partial charge in [-0.25, -0.2) is 0 Å². The number of hydrogen-bond acceptors (Lipinski definition) is 5. The van der Waals surface area contributed by atoms with E-state index in [4.69, 9.17) is 9.52 Å². The molecule has 0 saturated carbocycles. The fourth-order valence-corrected chi connectivity index (χ4v) is 3.61. The Hall–Kier alpha value is -2.93. The van der Waals surface area contributed by atoms with Crippen LogP contribution in [0.25, 0.3) is 11.3 Å². The van der Waals surface area contributed by atoms with Crippen molar-refractivity contribution in [2.75, 3.05) is 26.2 Å². The Kier molecular flexibility index (Phi) is 4.08. The van der Waals surface area contributed by atoms with Gasteiger partial charge in [-0.05, 0) is 23.8 Å². The van der Waals surface area contributed by atoms with Gasteiger partial charge in [-0.15, -0.1) is 0 Å². The van der Waals surface area contributed by atoms with Gasteiger partial charge in [0.05, 0.1) is 6.26 Å². The molecule has 7 heteroatoms. The number of fused-ring (bicyclic) bond motifs is 2. The number of nitrogens with zero attached hydrogens (tertiary/aromatic N) is 2. The van der Waals surface area contributed by atoms with Crippen LogP contribution in [0.5, 0.6) is 0 Å². The first-order valence-corrected chi connectivity index (χ1v) is 8.47. The molecule has 134 valence electrons. The number of carbonyl (C=O) groups excluding carboxylic acids is 3. The molecular formula is C19H18N2O5. The van der Waals surface area contributed by atoms with Gasteiger partial charge in [0.15, 0.2) is 5.78 Å². The van der Waals surface area contributed by atoms with Crippen molar-refractivity contribution in [1.29, 1.82) is 0 Å². The molecule has 0 radical (unpaired) electrons. The molecule has 4 rings (SSSR count). The zero-order valence-corrected chi connectivity index (χ0v) is 14.1. The van der Waals surface area contributed by atoms with E-state index in [0.717, 1.165) is 5.56 Å².